The standard InChI is InChI=1S/C24H22ClN3O4/c25-20-13-16(7-9-21(20)29)24(31)27-26-14-17-8-10-22(19-6-2-1-5-18(17)19)32-15-23(30)28-11-3-4-12-28/h1-2,5-10,13-14,29H,3-4,11-12,15H2,(H,27,31). The average molecular weight is 452 g/mol. The van der Waals surface area contributed by atoms with Crippen molar-refractivity contribution in [1.82, 2.24) is 10.3 Å². The first-order valence-corrected chi connectivity index (χ1v) is 10.6. The number of phenols is 1. The molecule has 2 amide bonds. The summed E-state index contributed by atoms with van der Waals surface area (Å²) in [5, 5.41) is 15.3. The number of hydrazone groups is 1. The Morgan fingerprint density at radius 2 is 1.84 bits per heavy atom. The number of nitrogens with zero attached hydrogens (tertiary/aromatic N) is 2. The number of hydrogen-bond acceptors (Lipinski definition) is 5. The number of hydrogen-bond donors (Lipinski definition) is 2. The molecule has 0 aliphatic carbocycles. The molecule has 0 unspecified atom stereocenters. The fraction of sp³-hybridized carbons (Fsp3) is 0.208. The summed E-state index contributed by atoms with van der Waals surface area (Å²) in [7, 11) is 0. The van der Waals surface area contributed by atoms with E-state index in [2.05, 4.69) is 10.5 Å². The number of rotatable bonds is 6. The van der Waals surface area contributed by atoms with Gasteiger partial charge in [-0.1, -0.05) is 35.9 Å². The Morgan fingerprint density at radius 3 is 2.59 bits per heavy atom. The Hall–Kier alpha value is -3.58. The minimum atomic E-state index is -0.451. The molecule has 1 heterocycles. The van der Waals surface area contributed by atoms with Crippen LogP contribution in [0.5, 0.6) is 11.5 Å². The van der Waals surface area contributed by atoms with E-state index in [-0.39, 0.29) is 28.8 Å². The summed E-state index contributed by atoms with van der Waals surface area (Å²) in [5.41, 5.74) is 3.51. The molecule has 0 saturated carbocycles. The third-order valence-electron chi connectivity index (χ3n) is 5.31. The number of nitrogens with one attached hydrogen (secondary N) is 1. The van der Waals surface area contributed by atoms with Gasteiger partial charge in [0.15, 0.2) is 6.61 Å². The molecule has 164 valence electrons. The number of amides is 2. The molecule has 3 aromatic carbocycles. The number of fused-ring (bicyclic) bond motifs is 1. The van der Waals surface area contributed by atoms with Gasteiger partial charge in [-0.3, -0.25) is 9.59 Å². The molecule has 0 atom stereocenters. The second kappa shape index (κ2) is 9.70. The van der Waals surface area contributed by atoms with Gasteiger partial charge >= 0.3 is 0 Å². The molecule has 8 heteroatoms. The number of aromatic hydroxyl groups is 1. The number of likely N-dealkylation sites (tertiary alicyclic amines) is 1. The highest BCUT2D eigenvalue weighted by Gasteiger charge is 2.18. The maximum absolute atomic E-state index is 12.3. The zero-order valence-corrected chi connectivity index (χ0v) is 18.0. The van der Waals surface area contributed by atoms with E-state index < -0.39 is 5.91 Å². The first-order valence-electron chi connectivity index (χ1n) is 10.3. The van der Waals surface area contributed by atoms with Crippen molar-refractivity contribution in [2.75, 3.05) is 19.7 Å². The maximum atomic E-state index is 12.3. The minimum Gasteiger partial charge on any atom is -0.506 e. The molecule has 0 radical (unpaired) electrons. The van der Waals surface area contributed by atoms with E-state index in [1.165, 1.54) is 18.2 Å². The van der Waals surface area contributed by atoms with Crippen LogP contribution in [-0.2, 0) is 4.79 Å². The van der Waals surface area contributed by atoms with Crippen LogP contribution in [0.2, 0.25) is 5.02 Å². The lowest BCUT2D eigenvalue weighted by Gasteiger charge is -2.16. The number of carbonyl (C=O) groups excluding carboxylic acids is 2. The van der Waals surface area contributed by atoms with Gasteiger partial charge in [-0.05, 0) is 48.6 Å². The highest BCUT2D eigenvalue weighted by atomic mass is 35.5. The second-order valence-corrected chi connectivity index (χ2v) is 7.85. The molecule has 32 heavy (non-hydrogen) atoms. The van der Waals surface area contributed by atoms with Gasteiger partial charge in [0.2, 0.25) is 0 Å². The van der Waals surface area contributed by atoms with E-state index >= 15 is 0 Å². The highest BCUT2D eigenvalue weighted by molar-refractivity contribution is 6.32. The zero-order chi connectivity index (χ0) is 22.5. The molecule has 0 aromatic heterocycles. The van der Waals surface area contributed by atoms with E-state index in [9.17, 15) is 14.7 Å². The molecule has 4 rings (SSSR count). The van der Waals surface area contributed by atoms with Crippen LogP contribution in [0.1, 0.15) is 28.8 Å². The fourth-order valence-electron chi connectivity index (χ4n) is 3.60. The van der Waals surface area contributed by atoms with Crippen molar-refractivity contribution >= 4 is 40.4 Å². The van der Waals surface area contributed by atoms with Crippen LogP contribution < -0.4 is 10.2 Å². The predicted octanol–water partition coefficient (Wildman–Crippen LogP) is 3.96. The van der Waals surface area contributed by atoms with E-state index in [1.807, 2.05) is 35.2 Å². The summed E-state index contributed by atoms with van der Waals surface area (Å²) >= 11 is 5.85. The van der Waals surface area contributed by atoms with Crippen LogP contribution >= 0.6 is 11.6 Å². The summed E-state index contributed by atoms with van der Waals surface area (Å²) in [5.74, 6) is 0.0674. The van der Waals surface area contributed by atoms with Gasteiger partial charge in [-0.15, -0.1) is 0 Å². The molecule has 3 aromatic rings. The number of halogens is 1. The lowest BCUT2D eigenvalue weighted by Crippen LogP contribution is -2.32. The number of benzene rings is 3. The lowest BCUT2D eigenvalue weighted by atomic mass is 10.0. The third-order valence-corrected chi connectivity index (χ3v) is 5.61. The first-order chi connectivity index (χ1) is 15.5. The topological polar surface area (TPSA) is 91.2 Å². The van der Waals surface area contributed by atoms with Crippen LogP contribution in [0.15, 0.2) is 59.7 Å². The highest BCUT2D eigenvalue weighted by Crippen LogP contribution is 2.28. The summed E-state index contributed by atoms with van der Waals surface area (Å²) in [4.78, 5) is 26.4. The van der Waals surface area contributed by atoms with Gasteiger partial charge < -0.3 is 14.7 Å². The van der Waals surface area contributed by atoms with Crippen LogP contribution in [0.3, 0.4) is 0 Å². The van der Waals surface area contributed by atoms with Gasteiger partial charge in [0.1, 0.15) is 11.5 Å². The van der Waals surface area contributed by atoms with Gasteiger partial charge in [0.05, 0.1) is 11.2 Å². The molecular weight excluding hydrogens is 430 g/mol. The smallest absolute Gasteiger partial charge is 0.271 e. The summed E-state index contributed by atoms with van der Waals surface area (Å²) in [6.45, 7) is 1.59. The third kappa shape index (κ3) is 4.84. The van der Waals surface area contributed by atoms with Crippen LogP contribution in [-0.4, -0.2) is 47.7 Å². The molecule has 1 aliphatic heterocycles. The maximum Gasteiger partial charge on any atom is 0.271 e. The normalized spacial score (nSPS) is 13.6. The van der Waals surface area contributed by atoms with Gasteiger partial charge in [-0.25, -0.2) is 5.43 Å². The summed E-state index contributed by atoms with van der Waals surface area (Å²) in [6.07, 6.45) is 3.62. The number of carbonyl (C=O) groups is 2. The number of ether oxygens (including phenoxy) is 1. The van der Waals surface area contributed by atoms with E-state index in [0.29, 0.717) is 5.75 Å². The monoisotopic (exact) mass is 451 g/mol. The lowest BCUT2D eigenvalue weighted by molar-refractivity contribution is -0.132. The van der Waals surface area contributed by atoms with Crippen molar-refractivity contribution in [3.05, 3.63) is 70.7 Å². The van der Waals surface area contributed by atoms with Gasteiger partial charge in [0.25, 0.3) is 11.8 Å². The molecule has 0 spiro atoms. The van der Waals surface area contributed by atoms with Crippen molar-refractivity contribution in [1.29, 1.82) is 0 Å². The Kier molecular flexibility index (Phi) is 6.56. The number of phenolic OH excluding ortho intramolecular Hbond substituents is 1. The summed E-state index contributed by atoms with van der Waals surface area (Å²) < 4.78 is 5.83. The zero-order valence-electron chi connectivity index (χ0n) is 17.3. The quantitative estimate of drug-likeness (QED) is 0.438. The second-order valence-electron chi connectivity index (χ2n) is 7.44. The molecule has 1 fully saturated rings. The molecule has 0 bridgehead atoms. The van der Waals surface area contributed by atoms with E-state index in [4.69, 9.17) is 16.3 Å². The molecule has 7 nitrogen and oxygen atoms in total. The average Bonchev–Trinajstić information content (AvgIpc) is 3.35. The Labute approximate surface area is 190 Å². The summed E-state index contributed by atoms with van der Waals surface area (Å²) in [6, 6.07) is 15.4. The van der Waals surface area contributed by atoms with E-state index in [1.54, 1.807) is 12.3 Å². The molecule has 1 saturated heterocycles. The molecule has 2 N–H and O–H groups in total. The van der Waals surface area contributed by atoms with Gasteiger partial charge in [-0.2, -0.15) is 5.10 Å². The predicted molar refractivity (Wildman–Crippen MR) is 123 cm³/mol. The Bertz CT molecular complexity index is 1190. The van der Waals surface area contributed by atoms with Crippen molar-refractivity contribution in [3.8, 4) is 11.5 Å². The molecule has 1 aliphatic rings. The fourth-order valence-corrected chi connectivity index (χ4v) is 3.78. The Balaban J connectivity index is 1.47. The van der Waals surface area contributed by atoms with E-state index in [0.717, 1.165) is 42.3 Å². The SMILES string of the molecule is O=C(NN=Cc1ccc(OCC(=O)N2CCCC2)c2ccccc12)c1ccc(O)c(Cl)c1. The largest absolute Gasteiger partial charge is 0.506 e. The van der Waals surface area contributed by atoms with Crippen LogP contribution in [0.25, 0.3) is 10.8 Å². The van der Waals surface area contributed by atoms with Crippen molar-refractivity contribution in [2.45, 2.75) is 12.8 Å². The van der Waals surface area contributed by atoms with Crippen molar-refractivity contribution in [2.24, 2.45) is 5.10 Å². The van der Waals surface area contributed by atoms with Crippen LogP contribution in [0.4, 0.5) is 0 Å². The first kappa shape index (κ1) is 21.6. The Morgan fingerprint density at radius 1 is 1.09 bits per heavy atom. The van der Waals surface area contributed by atoms with Crippen molar-refractivity contribution in [3.63, 3.8) is 0 Å². The van der Waals surface area contributed by atoms with Crippen LogP contribution in [0, 0.1) is 0 Å². The minimum absolute atomic E-state index is 0.00266. The molecular formula is C24H22ClN3O4. The van der Waals surface area contributed by atoms with Gasteiger partial charge in [0, 0.05) is 29.6 Å². The van der Waals surface area contributed by atoms with Crippen molar-refractivity contribution < 1.29 is 19.4 Å².